The van der Waals surface area contributed by atoms with Gasteiger partial charge in [0.25, 0.3) is 0 Å². The molecule has 2 heterocycles. The number of rotatable bonds is 2. The minimum absolute atomic E-state index is 0.202. The second-order valence-electron chi connectivity index (χ2n) is 5.04. The van der Waals surface area contributed by atoms with Crippen LogP contribution in [-0.4, -0.2) is 20.2 Å². The van der Waals surface area contributed by atoms with Crippen LogP contribution in [0.5, 0.6) is 0 Å². The Morgan fingerprint density at radius 2 is 2.06 bits per heavy atom. The Morgan fingerprint density at radius 3 is 2.71 bits per heavy atom. The van der Waals surface area contributed by atoms with Gasteiger partial charge in [-0.15, -0.1) is 10.2 Å². The van der Waals surface area contributed by atoms with Crippen molar-refractivity contribution in [3.63, 3.8) is 0 Å². The third-order valence-electron chi connectivity index (χ3n) is 2.02. The number of nitrogen functional groups attached to an aromatic ring is 1. The molecule has 0 aromatic carbocycles. The van der Waals surface area contributed by atoms with Crippen molar-refractivity contribution < 1.29 is 0 Å². The molecule has 0 fully saturated rings. The zero-order valence-corrected chi connectivity index (χ0v) is 11.0. The lowest BCUT2D eigenvalue weighted by molar-refractivity contribution is 0.409. The van der Waals surface area contributed by atoms with E-state index in [1.807, 2.05) is 0 Å². The van der Waals surface area contributed by atoms with Crippen molar-refractivity contribution in [3.05, 3.63) is 17.3 Å². The molecule has 0 radical (unpaired) electrons. The van der Waals surface area contributed by atoms with Crippen molar-refractivity contribution in [2.75, 3.05) is 5.73 Å². The van der Waals surface area contributed by atoms with Crippen LogP contribution in [-0.2, 0) is 6.42 Å². The van der Waals surface area contributed by atoms with Crippen LogP contribution in [0.3, 0.4) is 0 Å². The molecule has 0 atom stereocenters. The molecule has 0 spiro atoms. The summed E-state index contributed by atoms with van der Waals surface area (Å²) >= 11 is 1.52. The number of nitrogens with zero attached hydrogens (tertiary/aromatic N) is 4. The fourth-order valence-corrected chi connectivity index (χ4v) is 2.43. The molecule has 2 aromatic rings. The molecule has 0 saturated carbocycles. The first-order chi connectivity index (χ1) is 7.94. The van der Waals surface area contributed by atoms with Gasteiger partial charge in [0.1, 0.15) is 10.8 Å². The maximum atomic E-state index is 5.61. The first-order valence-electron chi connectivity index (χ1n) is 5.35. The van der Waals surface area contributed by atoms with E-state index in [1.165, 1.54) is 11.3 Å². The van der Waals surface area contributed by atoms with E-state index < -0.39 is 0 Å². The topological polar surface area (TPSA) is 77.6 Å². The lowest BCUT2D eigenvalue weighted by Gasteiger charge is -2.14. The normalized spacial score (nSPS) is 11.7. The zero-order chi connectivity index (χ0) is 12.5. The molecule has 2 rings (SSSR count). The summed E-state index contributed by atoms with van der Waals surface area (Å²) in [6, 6.07) is 1.65. The molecular formula is C11H15N5S. The van der Waals surface area contributed by atoms with Gasteiger partial charge in [-0.1, -0.05) is 32.1 Å². The molecule has 90 valence electrons. The maximum Gasteiger partial charge on any atom is 0.192 e. The minimum Gasteiger partial charge on any atom is -0.384 e. The lowest BCUT2D eigenvalue weighted by Crippen LogP contribution is -2.08. The number of anilines is 1. The van der Waals surface area contributed by atoms with Crippen LogP contribution in [0.1, 0.15) is 25.8 Å². The van der Waals surface area contributed by atoms with E-state index in [9.17, 15) is 0 Å². The number of nitrogens with two attached hydrogens (primary N) is 1. The Labute approximate surface area is 104 Å². The molecule has 0 amide bonds. The summed E-state index contributed by atoms with van der Waals surface area (Å²) < 4.78 is 0. The predicted molar refractivity (Wildman–Crippen MR) is 68.5 cm³/mol. The van der Waals surface area contributed by atoms with Crippen LogP contribution in [0, 0.1) is 5.41 Å². The van der Waals surface area contributed by atoms with Crippen LogP contribution in [0.25, 0.3) is 10.8 Å². The predicted octanol–water partition coefficient (Wildman–Crippen LogP) is 2.17. The van der Waals surface area contributed by atoms with Gasteiger partial charge in [0, 0.05) is 12.6 Å². The molecule has 0 aliphatic carbocycles. The fraction of sp³-hybridized carbons (Fsp3) is 0.455. The summed E-state index contributed by atoms with van der Waals surface area (Å²) in [5.74, 6) is 0.991. The minimum atomic E-state index is 0.202. The summed E-state index contributed by atoms with van der Waals surface area (Å²) in [5, 5.41) is 9.97. The van der Waals surface area contributed by atoms with Gasteiger partial charge in [-0.2, -0.15) is 0 Å². The first-order valence-corrected chi connectivity index (χ1v) is 6.17. The van der Waals surface area contributed by atoms with Gasteiger partial charge in [0.2, 0.25) is 0 Å². The van der Waals surface area contributed by atoms with Gasteiger partial charge in [-0.25, -0.2) is 9.97 Å². The van der Waals surface area contributed by atoms with Crippen LogP contribution in [0.4, 0.5) is 5.82 Å². The average Bonchev–Trinajstić information content (AvgIpc) is 2.63. The van der Waals surface area contributed by atoms with Gasteiger partial charge in [0.15, 0.2) is 10.8 Å². The third kappa shape index (κ3) is 3.20. The highest BCUT2D eigenvalue weighted by atomic mass is 32.1. The van der Waals surface area contributed by atoms with Gasteiger partial charge in [0.05, 0.1) is 0 Å². The molecule has 2 N–H and O–H groups in total. The van der Waals surface area contributed by atoms with E-state index >= 15 is 0 Å². The van der Waals surface area contributed by atoms with Gasteiger partial charge in [-0.05, 0) is 11.5 Å². The summed E-state index contributed by atoms with van der Waals surface area (Å²) in [6.07, 6.45) is 2.52. The van der Waals surface area contributed by atoms with Crippen LogP contribution < -0.4 is 5.73 Å². The summed E-state index contributed by atoms with van der Waals surface area (Å²) in [4.78, 5) is 8.26. The smallest absolute Gasteiger partial charge is 0.192 e. The summed E-state index contributed by atoms with van der Waals surface area (Å²) in [5.41, 5.74) is 5.81. The van der Waals surface area contributed by atoms with Crippen molar-refractivity contribution in [3.8, 4) is 10.8 Å². The molecular weight excluding hydrogens is 234 g/mol. The van der Waals surface area contributed by atoms with Crippen molar-refractivity contribution in [2.24, 2.45) is 5.41 Å². The molecule has 0 aliphatic heterocycles. The molecule has 2 aromatic heterocycles. The van der Waals surface area contributed by atoms with E-state index in [2.05, 4.69) is 40.9 Å². The van der Waals surface area contributed by atoms with Gasteiger partial charge >= 0.3 is 0 Å². The standard InChI is InChI=1S/C11H15N5S/c1-11(2,3)6-8-15-16-10(17-8)9-13-5-4-7(12)14-9/h4-5H,6H2,1-3H3,(H2,12,13,14). The van der Waals surface area contributed by atoms with E-state index in [0.717, 1.165) is 16.4 Å². The summed E-state index contributed by atoms with van der Waals surface area (Å²) in [7, 11) is 0. The highest BCUT2D eigenvalue weighted by molar-refractivity contribution is 7.14. The van der Waals surface area contributed by atoms with E-state index in [4.69, 9.17) is 5.73 Å². The number of aromatic nitrogens is 4. The fourth-order valence-electron chi connectivity index (χ4n) is 1.34. The Kier molecular flexibility index (Phi) is 3.06. The molecule has 0 aliphatic rings. The SMILES string of the molecule is CC(C)(C)Cc1nnc(-c2nccc(N)n2)s1. The highest BCUT2D eigenvalue weighted by Crippen LogP contribution is 2.26. The Morgan fingerprint density at radius 1 is 1.29 bits per heavy atom. The average molecular weight is 249 g/mol. The van der Waals surface area contributed by atoms with Crippen LogP contribution in [0.15, 0.2) is 12.3 Å². The molecule has 0 saturated heterocycles. The zero-order valence-electron chi connectivity index (χ0n) is 10.1. The van der Waals surface area contributed by atoms with E-state index in [1.54, 1.807) is 12.3 Å². The molecule has 6 heteroatoms. The van der Waals surface area contributed by atoms with Crippen molar-refractivity contribution in [1.82, 2.24) is 20.2 Å². The van der Waals surface area contributed by atoms with Crippen LogP contribution >= 0.6 is 11.3 Å². The molecule has 0 bridgehead atoms. The van der Waals surface area contributed by atoms with Crippen molar-refractivity contribution in [2.45, 2.75) is 27.2 Å². The summed E-state index contributed by atoms with van der Waals surface area (Å²) in [6.45, 7) is 6.52. The largest absolute Gasteiger partial charge is 0.384 e. The molecule has 0 unspecified atom stereocenters. The first kappa shape index (κ1) is 11.9. The molecule has 5 nitrogen and oxygen atoms in total. The van der Waals surface area contributed by atoms with E-state index in [0.29, 0.717) is 11.6 Å². The Hall–Kier alpha value is -1.56. The van der Waals surface area contributed by atoms with Crippen molar-refractivity contribution in [1.29, 1.82) is 0 Å². The highest BCUT2D eigenvalue weighted by Gasteiger charge is 2.16. The Bertz CT molecular complexity index is 515. The molecule has 17 heavy (non-hydrogen) atoms. The second kappa shape index (κ2) is 4.37. The monoisotopic (exact) mass is 249 g/mol. The Balaban J connectivity index is 2.24. The quantitative estimate of drug-likeness (QED) is 0.882. The van der Waals surface area contributed by atoms with Gasteiger partial charge in [-0.3, -0.25) is 0 Å². The van der Waals surface area contributed by atoms with E-state index in [-0.39, 0.29) is 5.41 Å². The maximum absolute atomic E-state index is 5.61. The third-order valence-corrected chi connectivity index (χ3v) is 2.94. The van der Waals surface area contributed by atoms with Gasteiger partial charge < -0.3 is 5.73 Å². The number of hydrogen-bond donors (Lipinski definition) is 1. The second-order valence-corrected chi connectivity index (χ2v) is 6.11. The lowest BCUT2D eigenvalue weighted by atomic mass is 9.93. The van der Waals surface area contributed by atoms with Crippen LogP contribution in [0.2, 0.25) is 0 Å². The number of hydrogen-bond acceptors (Lipinski definition) is 6. The van der Waals surface area contributed by atoms with Crippen molar-refractivity contribution >= 4 is 17.2 Å².